The van der Waals surface area contributed by atoms with Gasteiger partial charge in [0.15, 0.2) is 0 Å². The molecule has 1 unspecified atom stereocenters. The van der Waals surface area contributed by atoms with Gasteiger partial charge in [-0.25, -0.2) is 4.39 Å². The van der Waals surface area contributed by atoms with Crippen molar-refractivity contribution in [2.75, 3.05) is 5.75 Å². The van der Waals surface area contributed by atoms with E-state index in [0.29, 0.717) is 0 Å². The van der Waals surface area contributed by atoms with Gasteiger partial charge >= 0.3 is 0 Å². The van der Waals surface area contributed by atoms with Crippen molar-refractivity contribution in [3.63, 3.8) is 0 Å². The second-order valence-electron chi connectivity index (χ2n) is 4.82. The zero-order valence-electron chi connectivity index (χ0n) is 11.5. The molecule has 2 aromatic carbocycles. The highest BCUT2D eigenvalue weighted by molar-refractivity contribution is 7.99. The molecule has 20 heavy (non-hydrogen) atoms. The van der Waals surface area contributed by atoms with E-state index in [-0.39, 0.29) is 11.9 Å². The van der Waals surface area contributed by atoms with Crippen molar-refractivity contribution in [2.24, 2.45) is 5.84 Å². The van der Waals surface area contributed by atoms with Gasteiger partial charge in [0.1, 0.15) is 5.82 Å². The first kappa shape index (κ1) is 15.0. The van der Waals surface area contributed by atoms with Gasteiger partial charge in [-0.2, -0.15) is 0 Å². The number of halogens is 1. The van der Waals surface area contributed by atoms with Gasteiger partial charge in [0.05, 0.1) is 0 Å². The highest BCUT2D eigenvalue weighted by Gasteiger charge is 2.09. The summed E-state index contributed by atoms with van der Waals surface area (Å²) in [6.45, 7) is 2.08. The van der Waals surface area contributed by atoms with E-state index in [1.165, 1.54) is 23.3 Å². The maximum atomic E-state index is 12.8. The van der Waals surface area contributed by atoms with Crippen LogP contribution in [0.3, 0.4) is 0 Å². The highest BCUT2D eigenvalue weighted by Crippen LogP contribution is 2.20. The molecular weight excluding hydrogens is 271 g/mol. The second kappa shape index (κ2) is 7.43. The smallest absolute Gasteiger partial charge is 0.123 e. The Bertz CT molecular complexity index is 542. The van der Waals surface area contributed by atoms with E-state index in [9.17, 15) is 4.39 Å². The van der Waals surface area contributed by atoms with Crippen LogP contribution in [0.2, 0.25) is 0 Å². The van der Waals surface area contributed by atoms with E-state index in [1.807, 2.05) is 0 Å². The Hall–Kier alpha value is -1.36. The van der Waals surface area contributed by atoms with Crippen LogP contribution < -0.4 is 11.3 Å². The third-order valence-corrected chi connectivity index (χ3v) is 4.24. The average molecular weight is 290 g/mol. The summed E-state index contributed by atoms with van der Waals surface area (Å²) in [5.41, 5.74) is 5.38. The molecule has 0 amide bonds. The largest absolute Gasteiger partial charge is 0.271 e. The topological polar surface area (TPSA) is 38.0 Å². The molecule has 2 aromatic rings. The highest BCUT2D eigenvalue weighted by atomic mass is 32.2. The van der Waals surface area contributed by atoms with Crippen LogP contribution in [-0.2, 0) is 6.42 Å². The number of thioether (sulfide) groups is 1. The average Bonchev–Trinajstić information content (AvgIpc) is 2.45. The Labute approximate surface area is 123 Å². The summed E-state index contributed by atoms with van der Waals surface area (Å²) in [6, 6.07) is 15.2. The monoisotopic (exact) mass is 290 g/mol. The molecule has 0 heterocycles. The minimum absolute atomic E-state index is 0.187. The van der Waals surface area contributed by atoms with Crippen LogP contribution in [0.4, 0.5) is 4.39 Å². The summed E-state index contributed by atoms with van der Waals surface area (Å²) in [5.74, 6) is 6.26. The van der Waals surface area contributed by atoms with E-state index < -0.39 is 0 Å². The van der Waals surface area contributed by atoms with Crippen molar-refractivity contribution in [2.45, 2.75) is 24.3 Å². The van der Waals surface area contributed by atoms with Crippen LogP contribution in [0, 0.1) is 12.7 Å². The first-order chi connectivity index (χ1) is 9.67. The van der Waals surface area contributed by atoms with Crippen molar-refractivity contribution in [1.82, 2.24) is 5.43 Å². The predicted octanol–water partition coefficient (Wildman–Crippen LogP) is 3.30. The van der Waals surface area contributed by atoms with Crippen LogP contribution >= 0.6 is 11.8 Å². The molecule has 0 aliphatic carbocycles. The molecule has 0 bridgehead atoms. The lowest BCUT2D eigenvalue weighted by Crippen LogP contribution is -2.38. The Kier molecular flexibility index (Phi) is 5.59. The standard InChI is InChI=1S/C16H19FN2S/c1-12-3-2-4-13(9-12)10-15(19-18)11-20-16-7-5-14(17)6-8-16/h2-9,15,19H,10-11,18H2,1H3. The molecule has 0 aromatic heterocycles. The lowest BCUT2D eigenvalue weighted by Gasteiger charge is -2.16. The number of benzene rings is 2. The van der Waals surface area contributed by atoms with Crippen molar-refractivity contribution in [3.05, 3.63) is 65.5 Å². The molecule has 4 heteroatoms. The Balaban J connectivity index is 1.90. The Morgan fingerprint density at radius 1 is 1.20 bits per heavy atom. The van der Waals surface area contributed by atoms with Gasteiger partial charge in [-0.05, 0) is 43.2 Å². The molecule has 2 rings (SSSR count). The summed E-state index contributed by atoms with van der Waals surface area (Å²) >= 11 is 1.68. The van der Waals surface area contributed by atoms with Gasteiger partial charge in [-0.15, -0.1) is 11.8 Å². The summed E-state index contributed by atoms with van der Waals surface area (Å²) < 4.78 is 12.8. The number of hydrogen-bond donors (Lipinski definition) is 2. The molecule has 0 radical (unpaired) electrons. The first-order valence-electron chi connectivity index (χ1n) is 6.57. The van der Waals surface area contributed by atoms with Gasteiger partial charge in [-0.3, -0.25) is 11.3 Å². The third kappa shape index (κ3) is 4.63. The predicted molar refractivity (Wildman–Crippen MR) is 83.1 cm³/mol. The fourth-order valence-corrected chi connectivity index (χ4v) is 2.95. The van der Waals surface area contributed by atoms with Crippen LogP contribution in [0.15, 0.2) is 53.4 Å². The molecule has 0 saturated heterocycles. The Morgan fingerprint density at radius 2 is 1.95 bits per heavy atom. The molecule has 0 saturated carbocycles. The van der Waals surface area contributed by atoms with Crippen LogP contribution in [0.1, 0.15) is 11.1 Å². The van der Waals surface area contributed by atoms with Gasteiger partial charge < -0.3 is 0 Å². The van der Waals surface area contributed by atoms with E-state index in [0.717, 1.165) is 17.1 Å². The van der Waals surface area contributed by atoms with Crippen LogP contribution in [0.5, 0.6) is 0 Å². The fourth-order valence-electron chi connectivity index (χ4n) is 2.02. The molecular formula is C16H19FN2S. The molecule has 106 valence electrons. The lowest BCUT2D eigenvalue weighted by atomic mass is 10.1. The van der Waals surface area contributed by atoms with E-state index in [2.05, 4.69) is 36.6 Å². The van der Waals surface area contributed by atoms with Gasteiger partial charge in [0.2, 0.25) is 0 Å². The number of hydrogen-bond acceptors (Lipinski definition) is 3. The van der Waals surface area contributed by atoms with Gasteiger partial charge in [0.25, 0.3) is 0 Å². The molecule has 3 N–H and O–H groups in total. The zero-order chi connectivity index (χ0) is 14.4. The maximum Gasteiger partial charge on any atom is 0.123 e. The zero-order valence-corrected chi connectivity index (χ0v) is 12.3. The normalized spacial score (nSPS) is 12.3. The van der Waals surface area contributed by atoms with Crippen LogP contribution in [0.25, 0.3) is 0 Å². The summed E-state index contributed by atoms with van der Waals surface area (Å²) in [6.07, 6.45) is 0.881. The van der Waals surface area contributed by atoms with E-state index in [1.54, 1.807) is 23.9 Å². The van der Waals surface area contributed by atoms with Gasteiger partial charge in [0, 0.05) is 16.7 Å². The fraction of sp³-hybridized carbons (Fsp3) is 0.250. The lowest BCUT2D eigenvalue weighted by molar-refractivity contribution is 0.575. The number of nitrogens with one attached hydrogen (secondary N) is 1. The summed E-state index contributed by atoms with van der Waals surface area (Å²) in [7, 11) is 0. The third-order valence-electron chi connectivity index (χ3n) is 3.07. The minimum atomic E-state index is -0.206. The maximum absolute atomic E-state index is 12.8. The number of rotatable bonds is 6. The molecule has 0 aliphatic rings. The molecule has 1 atom stereocenters. The first-order valence-corrected chi connectivity index (χ1v) is 7.56. The van der Waals surface area contributed by atoms with Crippen molar-refractivity contribution in [3.8, 4) is 0 Å². The summed E-state index contributed by atoms with van der Waals surface area (Å²) in [4.78, 5) is 1.05. The quantitative estimate of drug-likeness (QED) is 0.487. The van der Waals surface area contributed by atoms with Crippen molar-refractivity contribution >= 4 is 11.8 Å². The molecule has 0 fully saturated rings. The van der Waals surface area contributed by atoms with Gasteiger partial charge in [-0.1, -0.05) is 29.8 Å². The number of hydrazine groups is 1. The van der Waals surface area contributed by atoms with Crippen molar-refractivity contribution in [1.29, 1.82) is 0 Å². The number of aryl methyl sites for hydroxylation is 1. The summed E-state index contributed by atoms with van der Waals surface area (Å²) in [5, 5.41) is 0. The minimum Gasteiger partial charge on any atom is -0.271 e. The molecule has 0 aliphatic heterocycles. The second-order valence-corrected chi connectivity index (χ2v) is 5.92. The van der Waals surface area contributed by atoms with Crippen molar-refractivity contribution < 1.29 is 4.39 Å². The van der Waals surface area contributed by atoms with E-state index in [4.69, 9.17) is 5.84 Å². The van der Waals surface area contributed by atoms with Crippen LogP contribution in [-0.4, -0.2) is 11.8 Å². The molecule has 0 spiro atoms. The number of nitrogens with two attached hydrogens (primary N) is 1. The molecule has 2 nitrogen and oxygen atoms in total. The van der Waals surface area contributed by atoms with E-state index >= 15 is 0 Å². The Morgan fingerprint density at radius 3 is 2.60 bits per heavy atom. The SMILES string of the molecule is Cc1cccc(CC(CSc2ccc(F)cc2)NN)c1.